The van der Waals surface area contributed by atoms with Crippen molar-refractivity contribution in [3.05, 3.63) is 58.3 Å². The Labute approximate surface area is 133 Å². The monoisotopic (exact) mass is 349 g/mol. The Hall–Kier alpha value is -1.43. The molecule has 0 fully saturated rings. The Balaban J connectivity index is 2.13. The van der Waals surface area contributed by atoms with Crippen molar-refractivity contribution in [1.82, 2.24) is 10.4 Å². The molecule has 0 amide bonds. The highest BCUT2D eigenvalue weighted by Gasteiger charge is 2.12. The summed E-state index contributed by atoms with van der Waals surface area (Å²) < 4.78 is 6.64. The van der Waals surface area contributed by atoms with E-state index in [1.807, 2.05) is 24.4 Å². The summed E-state index contributed by atoms with van der Waals surface area (Å²) in [5.41, 5.74) is 5.09. The number of hydrazine groups is 1. The molecular weight excluding hydrogens is 330 g/mol. The molecule has 0 bridgehead atoms. The number of nitrogens with one attached hydrogen (secondary N) is 1. The number of hydrogen-bond acceptors (Lipinski definition) is 4. The number of nitrogens with two attached hydrogens (primary N) is 1. The normalized spacial score (nSPS) is 12.1. The topological polar surface area (TPSA) is 60.2 Å². The number of rotatable bonds is 7. The molecule has 0 aliphatic carbocycles. The summed E-state index contributed by atoms with van der Waals surface area (Å²) in [5, 5.41) is 0. The number of pyridine rings is 1. The molecule has 2 rings (SSSR count). The Morgan fingerprint density at radius 2 is 2.19 bits per heavy atom. The van der Waals surface area contributed by atoms with Crippen LogP contribution in [0.15, 0.2) is 47.2 Å². The minimum absolute atomic E-state index is 0.0197. The van der Waals surface area contributed by atoms with Crippen LogP contribution in [0.5, 0.6) is 5.75 Å². The number of nitrogens with zero attached hydrogens (tertiary/aromatic N) is 1. The molecule has 0 spiro atoms. The maximum atomic E-state index is 5.72. The molecule has 0 radical (unpaired) electrons. The van der Waals surface area contributed by atoms with Gasteiger partial charge in [-0.3, -0.25) is 16.3 Å². The van der Waals surface area contributed by atoms with Crippen molar-refractivity contribution in [3.8, 4) is 5.75 Å². The Morgan fingerprint density at radius 3 is 2.90 bits per heavy atom. The second-order valence-electron chi connectivity index (χ2n) is 4.86. The van der Waals surface area contributed by atoms with Crippen LogP contribution in [-0.2, 0) is 6.42 Å². The Kier molecular flexibility index (Phi) is 6.17. The highest BCUT2D eigenvalue weighted by atomic mass is 79.9. The second kappa shape index (κ2) is 8.12. The number of ether oxygens (including phenoxy) is 1. The van der Waals surface area contributed by atoms with Gasteiger partial charge >= 0.3 is 0 Å². The summed E-state index contributed by atoms with van der Waals surface area (Å²) in [4.78, 5) is 4.18. The summed E-state index contributed by atoms with van der Waals surface area (Å²) in [5.74, 6) is 6.59. The molecule has 1 heterocycles. The van der Waals surface area contributed by atoms with Crippen molar-refractivity contribution in [2.45, 2.75) is 25.8 Å². The molecule has 0 aliphatic rings. The first-order valence-electron chi connectivity index (χ1n) is 7.01. The lowest BCUT2D eigenvalue weighted by Gasteiger charge is -2.17. The minimum atomic E-state index is 0.0197. The van der Waals surface area contributed by atoms with E-state index in [1.54, 1.807) is 6.20 Å². The van der Waals surface area contributed by atoms with Gasteiger partial charge in [-0.2, -0.15) is 0 Å². The average molecular weight is 350 g/mol. The molecule has 0 saturated heterocycles. The molecule has 1 atom stereocenters. The van der Waals surface area contributed by atoms with Gasteiger partial charge in [0.25, 0.3) is 0 Å². The van der Waals surface area contributed by atoms with Gasteiger partial charge in [0.2, 0.25) is 0 Å². The van der Waals surface area contributed by atoms with Crippen molar-refractivity contribution in [1.29, 1.82) is 0 Å². The van der Waals surface area contributed by atoms with E-state index in [1.165, 1.54) is 0 Å². The molecule has 21 heavy (non-hydrogen) atoms. The summed E-state index contributed by atoms with van der Waals surface area (Å²) in [7, 11) is 0. The van der Waals surface area contributed by atoms with E-state index in [2.05, 4.69) is 45.4 Å². The number of hydrogen-bond donors (Lipinski definition) is 2. The quantitative estimate of drug-likeness (QED) is 0.594. The lowest BCUT2D eigenvalue weighted by Crippen LogP contribution is -2.29. The zero-order chi connectivity index (χ0) is 15.1. The summed E-state index contributed by atoms with van der Waals surface area (Å²) in [6.45, 7) is 2.81. The molecule has 3 N–H and O–H groups in total. The van der Waals surface area contributed by atoms with Gasteiger partial charge in [0, 0.05) is 16.9 Å². The van der Waals surface area contributed by atoms with Gasteiger partial charge in [-0.05, 0) is 58.1 Å². The standard InChI is InChI=1S/C16H20BrN3O/c1-2-6-21-15-5-3-4-13(9-15)16(20-18)8-12-7-14(17)11-19-10-12/h3-5,7,9-11,16,20H,2,6,8,18H2,1H3. The maximum absolute atomic E-state index is 5.72. The lowest BCUT2D eigenvalue weighted by molar-refractivity contribution is 0.316. The van der Waals surface area contributed by atoms with Gasteiger partial charge in [-0.1, -0.05) is 19.1 Å². The van der Waals surface area contributed by atoms with Crippen molar-refractivity contribution in [2.24, 2.45) is 5.84 Å². The Bertz CT molecular complexity index is 577. The first-order valence-corrected chi connectivity index (χ1v) is 7.80. The van der Waals surface area contributed by atoms with E-state index >= 15 is 0 Å². The second-order valence-corrected chi connectivity index (χ2v) is 5.77. The molecule has 1 aromatic carbocycles. The highest BCUT2D eigenvalue weighted by molar-refractivity contribution is 9.10. The smallest absolute Gasteiger partial charge is 0.119 e. The van der Waals surface area contributed by atoms with Gasteiger partial charge in [0.05, 0.1) is 12.6 Å². The van der Waals surface area contributed by atoms with E-state index in [0.29, 0.717) is 0 Å². The van der Waals surface area contributed by atoms with Gasteiger partial charge in [0.15, 0.2) is 0 Å². The van der Waals surface area contributed by atoms with E-state index in [9.17, 15) is 0 Å². The van der Waals surface area contributed by atoms with Crippen LogP contribution in [0, 0.1) is 0 Å². The van der Waals surface area contributed by atoms with Gasteiger partial charge in [-0.25, -0.2) is 0 Å². The van der Waals surface area contributed by atoms with E-state index in [4.69, 9.17) is 10.6 Å². The van der Waals surface area contributed by atoms with Crippen molar-refractivity contribution in [3.63, 3.8) is 0 Å². The first kappa shape index (κ1) is 15.9. The van der Waals surface area contributed by atoms with Crippen LogP contribution in [0.1, 0.15) is 30.5 Å². The SMILES string of the molecule is CCCOc1cccc(C(Cc2cncc(Br)c2)NN)c1. The van der Waals surface area contributed by atoms with Gasteiger partial charge in [-0.15, -0.1) is 0 Å². The van der Waals surface area contributed by atoms with Gasteiger partial charge < -0.3 is 4.74 Å². The van der Waals surface area contributed by atoms with Crippen LogP contribution in [-0.4, -0.2) is 11.6 Å². The minimum Gasteiger partial charge on any atom is -0.494 e. The molecule has 1 aromatic heterocycles. The molecule has 0 saturated carbocycles. The van der Waals surface area contributed by atoms with Crippen molar-refractivity contribution in [2.75, 3.05) is 6.61 Å². The van der Waals surface area contributed by atoms with E-state index in [-0.39, 0.29) is 6.04 Å². The largest absolute Gasteiger partial charge is 0.494 e. The van der Waals surface area contributed by atoms with E-state index in [0.717, 1.165) is 40.8 Å². The first-order chi connectivity index (χ1) is 10.2. The van der Waals surface area contributed by atoms with Crippen LogP contribution in [0.25, 0.3) is 0 Å². The lowest BCUT2D eigenvalue weighted by atomic mass is 10.0. The summed E-state index contributed by atoms with van der Waals surface area (Å²) in [6, 6.07) is 10.1. The zero-order valence-corrected chi connectivity index (χ0v) is 13.6. The van der Waals surface area contributed by atoms with Crippen LogP contribution in [0.4, 0.5) is 0 Å². The van der Waals surface area contributed by atoms with Crippen LogP contribution >= 0.6 is 15.9 Å². The third-order valence-corrected chi connectivity index (χ3v) is 3.57. The fraction of sp³-hybridized carbons (Fsp3) is 0.312. The van der Waals surface area contributed by atoms with Crippen LogP contribution in [0.2, 0.25) is 0 Å². The molecule has 5 heteroatoms. The Morgan fingerprint density at radius 1 is 1.33 bits per heavy atom. The summed E-state index contributed by atoms with van der Waals surface area (Å²) in [6.07, 6.45) is 5.38. The number of benzene rings is 1. The predicted molar refractivity (Wildman–Crippen MR) is 87.9 cm³/mol. The average Bonchev–Trinajstić information content (AvgIpc) is 2.51. The van der Waals surface area contributed by atoms with E-state index < -0.39 is 0 Å². The molecular formula is C16H20BrN3O. The van der Waals surface area contributed by atoms with Crippen molar-refractivity contribution < 1.29 is 4.74 Å². The fourth-order valence-corrected chi connectivity index (χ4v) is 2.53. The third kappa shape index (κ3) is 4.81. The third-order valence-electron chi connectivity index (χ3n) is 3.14. The fourth-order valence-electron chi connectivity index (χ4n) is 2.12. The van der Waals surface area contributed by atoms with Crippen molar-refractivity contribution >= 4 is 15.9 Å². The highest BCUT2D eigenvalue weighted by Crippen LogP contribution is 2.23. The van der Waals surface area contributed by atoms with Gasteiger partial charge in [0.1, 0.15) is 5.75 Å². The number of halogens is 1. The zero-order valence-electron chi connectivity index (χ0n) is 12.1. The molecule has 112 valence electrons. The molecule has 0 aliphatic heterocycles. The maximum Gasteiger partial charge on any atom is 0.119 e. The van der Waals surface area contributed by atoms with Crippen LogP contribution in [0.3, 0.4) is 0 Å². The molecule has 2 aromatic rings. The van der Waals surface area contributed by atoms with Crippen LogP contribution < -0.4 is 16.0 Å². The molecule has 4 nitrogen and oxygen atoms in total. The summed E-state index contributed by atoms with van der Waals surface area (Å²) >= 11 is 3.44. The molecule has 1 unspecified atom stereocenters. The predicted octanol–water partition coefficient (Wildman–Crippen LogP) is 3.38. The number of aromatic nitrogens is 1.